The van der Waals surface area contributed by atoms with Crippen LogP contribution in [0.3, 0.4) is 0 Å². The van der Waals surface area contributed by atoms with Crippen LogP contribution in [0, 0.1) is 17.8 Å². The maximum Gasteiger partial charge on any atom is 0.225 e. The van der Waals surface area contributed by atoms with Crippen LogP contribution in [0.15, 0.2) is 0 Å². The Labute approximate surface area is 112 Å². The van der Waals surface area contributed by atoms with E-state index in [1.54, 1.807) is 0 Å². The molecule has 2 N–H and O–H groups in total. The molecule has 0 aromatic rings. The van der Waals surface area contributed by atoms with Crippen LogP contribution in [0.1, 0.15) is 53.4 Å². The molecule has 3 heteroatoms. The minimum Gasteiger partial charge on any atom is -0.339 e. The quantitative estimate of drug-likeness (QED) is 0.820. The second-order valence-electron chi connectivity index (χ2n) is 6.00. The lowest BCUT2D eigenvalue weighted by atomic mass is 9.82. The molecule has 106 valence electrons. The van der Waals surface area contributed by atoms with E-state index >= 15 is 0 Å². The fraction of sp³-hybridized carbons (Fsp3) is 0.933. The minimum absolute atomic E-state index is 0.116. The molecule has 0 aromatic heterocycles. The Balaban J connectivity index is 2.77. The number of hydrogen-bond acceptors (Lipinski definition) is 2. The van der Waals surface area contributed by atoms with Gasteiger partial charge >= 0.3 is 0 Å². The number of carbonyl (C=O) groups excluding carboxylic acids is 1. The third-order valence-electron chi connectivity index (χ3n) is 4.59. The third-order valence-corrected chi connectivity index (χ3v) is 4.59. The molecule has 0 saturated heterocycles. The zero-order valence-corrected chi connectivity index (χ0v) is 12.5. The second-order valence-corrected chi connectivity index (χ2v) is 6.00. The summed E-state index contributed by atoms with van der Waals surface area (Å²) in [5, 5.41) is 0. The Morgan fingerprint density at radius 1 is 1.28 bits per heavy atom. The largest absolute Gasteiger partial charge is 0.339 e. The van der Waals surface area contributed by atoms with E-state index in [4.69, 9.17) is 5.73 Å². The predicted octanol–water partition coefficient (Wildman–Crippen LogP) is 2.64. The summed E-state index contributed by atoms with van der Waals surface area (Å²) in [4.78, 5) is 14.7. The van der Waals surface area contributed by atoms with Crippen LogP contribution in [-0.2, 0) is 4.79 Å². The Morgan fingerprint density at radius 3 is 2.39 bits per heavy atom. The highest BCUT2D eigenvalue weighted by Crippen LogP contribution is 2.29. The summed E-state index contributed by atoms with van der Waals surface area (Å²) >= 11 is 0. The van der Waals surface area contributed by atoms with E-state index in [1.165, 1.54) is 19.3 Å². The average Bonchev–Trinajstić information content (AvgIpc) is 2.38. The van der Waals surface area contributed by atoms with E-state index < -0.39 is 0 Å². The number of rotatable bonds is 5. The summed E-state index contributed by atoms with van der Waals surface area (Å²) in [6, 6.07) is 0.377. The molecule has 1 rings (SSSR count). The van der Waals surface area contributed by atoms with Gasteiger partial charge in [0.25, 0.3) is 0 Å². The minimum atomic E-state index is 0.116. The number of nitrogens with zero attached hydrogens (tertiary/aromatic N) is 1. The standard InChI is InChI=1S/C15H30N2O/c1-5-17(15(18)12(4)11(2)3)14-9-7-6-8-13(14)10-16/h11-14H,5-10,16H2,1-4H3. The molecule has 1 fully saturated rings. The van der Waals surface area contributed by atoms with Crippen LogP contribution >= 0.6 is 0 Å². The van der Waals surface area contributed by atoms with Crippen molar-refractivity contribution < 1.29 is 4.79 Å². The molecular weight excluding hydrogens is 224 g/mol. The van der Waals surface area contributed by atoms with Gasteiger partial charge in [-0.15, -0.1) is 0 Å². The van der Waals surface area contributed by atoms with Crippen molar-refractivity contribution in [3.05, 3.63) is 0 Å². The highest BCUT2D eigenvalue weighted by atomic mass is 16.2. The summed E-state index contributed by atoms with van der Waals surface area (Å²) in [5.41, 5.74) is 5.88. The number of nitrogens with two attached hydrogens (primary N) is 1. The van der Waals surface area contributed by atoms with E-state index in [1.807, 2.05) is 0 Å². The molecule has 1 aliphatic carbocycles. The molecule has 0 aliphatic heterocycles. The van der Waals surface area contributed by atoms with E-state index in [0.717, 1.165) is 13.0 Å². The van der Waals surface area contributed by atoms with Crippen LogP contribution in [0.5, 0.6) is 0 Å². The van der Waals surface area contributed by atoms with Crippen molar-refractivity contribution >= 4 is 5.91 Å². The molecule has 0 heterocycles. The highest BCUT2D eigenvalue weighted by molar-refractivity contribution is 5.79. The summed E-state index contributed by atoms with van der Waals surface area (Å²) in [7, 11) is 0. The van der Waals surface area contributed by atoms with Crippen LogP contribution in [-0.4, -0.2) is 29.9 Å². The lowest BCUT2D eigenvalue weighted by Crippen LogP contribution is -2.50. The van der Waals surface area contributed by atoms with Gasteiger partial charge < -0.3 is 10.6 Å². The zero-order chi connectivity index (χ0) is 13.7. The summed E-state index contributed by atoms with van der Waals surface area (Å²) < 4.78 is 0. The van der Waals surface area contributed by atoms with Crippen molar-refractivity contribution in [1.29, 1.82) is 0 Å². The van der Waals surface area contributed by atoms with Crippen LogP contribution in [0.2, 0.25) is 0 Å². The molecule has 0 spiro atoms. The molecule has 0 bridgehead atoms. The van der Waals surface area contributed by atoms with Gasteiger partial charge in [0.15, 0.2) is 0 Å². The normalized spacial score (nSPS) is 26.1. The molecule has 18 heavy (non-hydrogen) atoms. The van der Waals surface area contributed by atoms with Gasteiger partial charge in [0.1, 0.15) is 0 Å². The smallest absolute Gasteiger partial charge is 0.225 e. The molecule has 0 aromatic carbocycles. The van der Waals surface area contributed by atoms with Gasteiger partial charge in [-0.2, -0.15) is 0 Å². The maximum absolute atomic E-state index is 12.6. The van der Waals surface area contributed by atoms with Crippen LogP contribution in [0.25, 0.3) is 0 Å². The molecule has 3 nitrogen and oxygen atoms in total. The summed E-state index contributed by atoms with van der Waals surface area (Å²) in [5.74, 6) is 1.34. The Kier molecular flexibility index (Phi) is 6.13. The lowest BCUT2D eigenvalue weighted by Gasteiger charge is -2.40. The maximum atomic E-state index is 12.6. The van der Waals surface area contributed by atoms with E-state index in [-0.39, 0.29) is 5.92 Å². The van der Waals surface area contributed by atoms with Crippen molar-refractivity contribution in [2.75, 3.05) is 13.1 Å². The van der Waals surface area contributed by atoms with Gasteiger partial charge in [0.05, 0.1) is 0 Å². The molecule has 3 unspecified atom stereocenters. The van der Waals surface area contributed by atoms with Crippen molar-refractivity contribution in [2.45, 2.75) is 59.4 Å². The monoisotopic (exact) mass is 254 g/mol. The van der Waals surface area contributed by atoms with Gasteiger partial charge in [-0.1, -0.05) is 33.6 Å². The van der Waals surface area contributed by atoms with Gasteiger partial charge in [-0.25, -0.2) is 0 Å². The first-order valence-electron chi connectivity index (χ1n) is 7.53. The molecule has 0 radical (unpaired) electrons. The Morgan fingerprint density at radius 2 is 1.89 bits per heavy atom. The summed E-state index contributed by atoms with van der Waals surface area (Å²) in [6.07, 6.45) is 4.82. The fourth-order valence-corrected chi connectivity index (χ4v) is 2.97. The first kappa shape index (κ1) is 15.5. The molecule has 1 saturated carbocycles. The van der Waals surface area contributed by atoms with Crippen molar-refractivity contribution in [3.63, 3.8) is 0 Å². The van der Waals surface area contributed by atoms with Crippen LogP contribution < -0.4 is 5.73 Å². The van der Waals surface area contributed by atoms with Crippen LogP contribution in [0.4, 0.5) is 0 Å². The number of hydrogen-bond donors (Lipinski definition) is 1. The Bertz CT molecular complexity index is 265. The first-order valence-corrected chi connectivity index (χ1v) is 7.53. The van der Waals surface area contributed by atoms with E-state index in [0.29, 0.717) is 30.3 Å². The molecule has 3 atom stereocenters. The second kappa shape index (κ2) is 7.13. The topological polar surface area (TPSA) is 46.3 Å². The van der Waals surface area contributed by atoms with Crippen molar-refractivity contribution in [2.24, 2.45) is 23.5 Å². The number of amides is 1. The summed E-state index contributed by atoms with van der Waals surface area (Å²) in [6.45, 7) is 9.92. The molecule has 1 aliphatic rings. The zero-order valence-electron chi connectivity index (χ0n) is 12.5. The molecular formula is C15H30N2O. The SMILES string of the molecule is CCN(C(=O)C(C)C(C)C)C1CCCCC1CN. The van der Waals surface area contributed by atoms with Crippen molar-refractivity contribution in [3.8, 4) is 0 Å². The lowest BCUT2D eigenvalue weighted by molar-refractivity contribution is -0.140. The third kappa shape index (κ3) is 3.47. The number of carbonyl (C=O) groups is 1. The van der Waals surface area contributed by atoms with Gasteiger partial charge in [0, 0.05) is 18.5 Å². The van der Waals surface area contributed by atoms with Gasteiger partial charge in [-0.3, -0.25) is 4.79 Å². The van der Waals surface area contributed by atoms with Gasteiger partial charge in [0.2, 0.25) is 5.91 Å². The van der Waals surface area contributed by atoms with Crippen molar-refractivity contribution in [1.82, 2.24) is 4.90 Å². The average molecular weight is 254 g/mol. The first-order chi connectivity index (χ1) is 8.52. The van der Waals surface area contributed by atoms with E-state index in [2.05, 4.69) is 32.6 Å². The predicted molar refractivity (Wildman–Crippen MR) is 76.2 cm³/mol. The van der Waals surface area contributed by atoms with Gasteiger partial charge in [-0.05, 0) is 38.1 Å². The molecule has 1 amide bonds. The van der Waals surface area contributed by atoms with E-state index in [9.17, 15) is 4.79 Å². The fourth-order valence-electron chi connectivity index (χ4n) is 2.97. The highest BCUT2D eigenvalue weighted by Gasteiger charge is 2.33. The Hall–Kier alpha value is -0.570.